The third kappa shape index (κ3) is 5.49. The average molecular weight is 232 g/mol. The summed E-state index contributed by atoms with van der Waals surface area (Å²) in [5.74, 6) is 0. The second-order valence-corrected chi connectivity index (χ2v) is 4.26. The lowest BCUT2D eigenvalue weighted by molar-refractivity contribution is 0.866. The molecule has 94 valence electrons. The Bertz CT molecular complexity index is 373. The Morgan fingerprint density at radius 3 is 2.12 bits per heavy atom. The van der Waals surface area contributed by atoms with Crippen molar-refractivity contribution in [2.24, 2.45) is 0 Å². The predicted molar refractivity (Wildman–Crippen MR) is 73.0 cm³/mol. The molecule has 0 aliphatic heterocycles. The molecule has 2 nitrogen and oxygen atoms in total. The summed E-state index contributed by atoms with van der Waals surface area (Å²) in [6.07, 6.45) is 4.57. The number of hydrogen-bond donors (Lipinski definition) is 0. The van der Waals surface area contributed by atoms with E-state index in [4.69, 9.17) is 5.26 Å². The minimum atomic E-state index is 0.757. The number of pyridine rings is 1. The highest BCUT2D eigenvalue weighted by Crippen LogP contribution is 2.13. The van der Waals surface area contributed by atoms with Gasteiger partial charge in [0.2, 0.25) is 0 Å². The quantitative estimate of drug-likeness (QED) is 0.777. The average Bonchev–Trinajstić information content (AvgIpc) is 2.29. The second-order valence-electron chi connectivity index (χ2n) is 4.26. The summed E-state index contributed by atoms with van der Waals surface area (Å²) < 4.78 is 0. The van der Waals surface area contributed by atoms with Crippen LogP contribution in [0.4, 0.5) is 0 Å². The number of rotatable bonds is 3. The highest BCUT2D eigenvalue weighted by Gasteiger charge is 2.06. The van der Waals surface area contributed by atoms with E-state index in [9.17, 15) is 0 Å². The van der Waals surface area contributed by atoms with Gasteiger partial charge in [0.05, 0.1) is 11.3 Å². The lowest BCUT2D eigenvalue weighted by Gasteiger charge is -2.05. The molecule has 0 aliphatic rings. The van der Waals surface area contributed by atoms with E-state index in [1.165, 1.54) is 12.8 Å². The van der Waals surface area contributed by atoms with Gasteiger partial charge >= 0.3 is 0 Å². The van der Waals surface area contributed by atoms with Gasteiger partial charge in [-0.05, 0) is 31.9 Å². The highest BCUT2D eigenvalue weighted by atomic mass is 14.7. The van der Waals surface area contributed by atoms with Gasteiger partial charge in [0, 0.05) is 5.69 Å². The van der Waals surface area contributed by atoms with Gasteiger partial charge in [-0.15, -0.1) is 0 Å². The van der Waals surface area contributed by atoms with Gasteiger partial charge in [-0.3, -0.25) is 4.98 Å². The van der Waals surface area contributed by atoms with Crippen molar-refractivity contribution in [3.63, 3.8) is 0 Å². The number of nitriles is 1. The fraction of sp³-hybridized carbons (Fsp3) is 0.600. The largest absolute Gasteiger partial charge is 0.257 e. The molecule has 1 aromatic rings. The molecule has 0 unspecified atom stereocenters. The maximum Gasteiger partial charge on any atom is 0.101 e. The summed E-state index contributed by atoms with van der Waals surface area (Å²) >= 11 is 0. The molecule has 0 spiro atoms. The fourth-order valence-electron chi connectivity index (χ4n) is 1.48. The Morgan fingerprint density at radius 2 is 1.71 bits per heavy atom. The van der Waals surface area contributed by atoms with Gasteiger partial charge in [0.1, 0.15) is 6.07 Å². The lowest BCUT2D eigenvalue weighted by atomic mass is 10.0. The standard InChI is InChI=1S/C11H14N2.C4H10/c1-4-5-11-10(7-12)8(2)6-9(3)13-11;1-3-4-2/h6H,4-5H2,1-3H3;3-4H2,1-2H3. The summed E-state index contributed by atoms with van der Waals surface area (Å²) in [7, 11) is 0. The first-order valence-corrected chi connectivity index (χ1v) is 6.47. The van der Waals surface area contributed by atoms with E-state index in [1.54, 1.807) is 0 Å². The molecule has 2 heteroatoms. The first-order valence-electron chi connectivity index (χ1n) is 6.47. The number of hydrogen-bond acceptors (Lipinski definition) is 2. The van der Waals surface area contributed by atoms with Crippen LogP contribution in [-0.4, -0.2) is 4.98 Å². The third-order valence-electron chi connectivity index (χ3n) is 2.52. The van der Waals surface area contributed by atoms with Crippen LogP contribution in [0.25, 0.3) is 0 Å². The van der Waals surface area contributed by atoms with Crippen LogP contribution in [0.1, 0.15) is 62.5 Å². The molecule has 1 heterocycles. The molecule has 0 saturated heterocycles. The second kappa shape index (κ2) is 8.75. The molecule has 0 fully saturated rings. The van der Waals surface area contributed by atoms with Gasteiger partial charge in [0.15, 0.2) is 0 Å². The molecule has 17 heavy (non-hydrogen) atoms. The molecule has 1 aromatic heterocycles. The smallest absolute Gasteiger partial charge is 0.101 e. The first-order chi connectivity index (χ1) is 8.10. The van der Waals surface area contributed by atoms with Gasteiger partial charge in [-0.2, -0.15) is 5.26 Å². The van der Waals surface area contributed by atoms with Crippen molar-refractivity contribution in [2.45, 2.75) is 60.3 Å². The Kier molecular flexibility index (Phi) is 8.05. The molecular weight excluding hydrogens is 208 g/mol. The predicted octanol–water partition coefficient (Wildman–Crippen LogP) is 4.33. The van der Waals surface area contributed by atoms with Gasteiger partial charge in [0.25, 0.3) is 0 Å². The topological polar surface area (TPSA) is 36.7 Å². The SMILES string of the molecule is CCCC.CCCc1nc(C)cc(C)c1C#N. The Hall–Kier alpha value is -1.36. The van der Waals surface area contributed by atoms with Crippen molar-refractivity contribution < 1.29 is 0 Å². The summed E-state index contributed by atoms with van der Waals surface area (Å²) in [5.41, 5.74) is 3.74. The van der Waals surface area contributed by atoms with E-state index in [2.05, 4.69) is 31.8 Å². The van der Waals surface area contributed by atoms with Crippen molar-refractivity contribution in [1.82, 2.24) is 4.98 Å². The maximum absolute atomic E-state index is 8.93. The van der Waals surface area contributed by atoms with Crippen molar-refractivity contribution in [1.29, 1.82) is 5.26 Å². The zero-order chi connectivity index (χ0) is 13.3. The Morgan fingerprint density at radius 1 is 1.12 bits per heavy atom. The zero-order valence-electron chi connectivity index (χ0n) is 11.8. The number of unbranched alkanes of at least 4 members (excludes halogenated alkanes) is 1. The molecule has 0 atom stereocenters. The van der Waals surface area contributed by atoms with Crippen molar-refractivity contribution in [3.8, 4) is 6.07 Å². The fourth-order valence-corrected chi connectivity index (χ4v) is 1.48. The van der Waals surface area contributed by atoms with Crippen molar-refractivity contribution >= 4 is 0 Å². The molecule has 0 radical (unpaired) electrons. The molecule has 0 bridgehead atoms. The summed E-state index contributed by atoms with van der Waals surface area (Å²) in [5, 5.41) is 8.93. The van der Waals surface area contributed by atoms with Crippen molar-refractivity contribution in [2.75, 3.05) is 0 Å². The van der Waals surface area contributed by atoms with Crippen LogP contribution in [0.5, 0.6) is 0 Å². The van der Waals surface area contributed by atoms with E-state index in [-0.39, 0.29) is 0 Å². The summed E-state index contributed by atoms with van der Waals surface area (Å²) in [6, 6.07) is 4.17. The molecular formula is C15H24N2. The number of aromatic nitrogens is 1. The van der Waals surface area contributed by atoms with Crippen LogP contribution in [0.15, 0.2) is 6.07 Å². The highest BCUT2D eigenvalue weighted by molar-refractivity contribution is 5.41. The Labute approximate surface area is 106 Å². The molecule has 1 rings (SSSR count). The molecule has 0 aromatic carbocycles. The molecule has 0 aliphatic carbocycles. The number of aryl methyl sites for hydroxylation is 3. The van der Waals surface area contributed by atoms with Crippen LogP contribution < -0.4 is 0 Å². The van der Waals surface area contributed by atoms with Gasteiger partial charge in [-0.1, -0.05) is 40.0 Å². The first kappa shape index (κ1) is 15.6. The van der Waals surface area contributed by atoms with E-state index in [0.717, 1.165) is 35.4 Å². The van der Waals surface area contributed by atoms with Gasteiger partial charge < -0.3 is 0 Å². The Balaban J connectivity index is 0.000000557. The summed E-state index contributed by atoms with van der Waals surface area (Å²) in [6.45, 7) is 10.4. The number of nitrogens with zero attached hydrogens (tertiary/aromatic N) is 2. The zero-order valence-corrected chi connectivity index (χ0v) is 11.8. The minimum absolute atomic E-state index is 0.757. The van der Waals surface area contributed by atoms with Crippen LogP contribution in [-0.2, 0) is 6.42 Å². The van der Waals surface area contributed by atoms with Crippen LogP contribution in [0, 0.1) is 25.2 Å². The minimum Gasteiger partial charge on any atom is -0.257 e. The molecule has 0 N–H and O–H groups in total. The van der Waals surface area contributed by atoms with Gasteiger partial charge in [-0.25, -0.2) is 0 Å². The molecule has 0 amide bonds. The maximum atomic E-state index is 8.93. The normalized spacial score (nSPS) is 9.18. The third-order valence-corrected chi connectivity index (χ3v) is 2.52. The molecule has 0 saturated carbocycles. The van der Waals surface area contributed by atoms with Crippen LogP contribution >= 0.6 is 0 Å². The monoisotopic (exact) mass is 232 g/mol. The van der Waals surface area contributed by atoms with E-state index >= 15 is 0 Å². The van der Waals surface area contributed by atoms with Crippen LogP contribution in [0.2, 0.25) is 0 Å². The van der Waals surface area contributed by atoms with Crippen LogP contribution in [0.3, 0.4) is 0 Å². The van der Waals surface area contributed by atoms with Crippen molar-refractivity contribution in [3.05, 3.63) is 28.6 Å². The van der Waals surface area contributed by atoms with E-state index in [0.29, 0.717) is 0 Å². The summed E-state index contributed by atoms with van der Waals surface area (Å²) in [4.78, 5) is 4.37. The lowest BCUT2D eigenvalue weighted by Crippen LogP contribution is -1.99. The van der Waals surface area contributed by atoms with E-state index in [1.807, 2.05) is 19.9 Å². The van der Waals surface area contributed by atoms with E-state index < -0.39 is 0 Å².